The molecule has 1 aromatic heterocycles. The van der Waals surface area contributed by atoms with Crippen LogP contribution in [0.2, 0.25) is 0 Å². The lowest BCUT2D eigenvalue weighted by atomic mass is 9.98. The molecule has 4 nitrogen and oxygen atoms in total. The summed E-state index contributed by atoms with van der Waals surface area (Å²) in [6.45, 7) is 2.59. The molecule has 0 unspecified atom stereocenters. The predicted molar refractivity (Wildman–Crippen MR) is 67.2 cm³/mol. The Morgan fingerprint density at radius 3 is 2.53 bits per heavy atom. The Morgan fingerprint density at radius 2 is 2.05 bits per heavy atom. The van der Waals surface area contributed by atoms with Crippen LogP contribution in [0, 0.1) is 6.92 Å². The minimum absolute atomic E-state index is 0.0728. The minimum atomic E-state index is -3.01. The molecule has 0 aliphatic heterocycles. The van der Waals surface area contributed by atoms with Crippen LogP contribution in [0.15, 0.2) is 22.7 Å². The fraction of sp³-hybridized carbons (Fsp3) is 0.308. The number of nitrogen functional groups attached to an aromatic ring is 1. The first-order valence-electron chi connectivity index (χ1n) is 5.63. The Morgan fingerprint density at radius 1 is 1.37 bits per heavy atom. The molecule has 1 aromatic carbocycles. The van der Waals surface area contributed by atoms with Crippen LogP contribution >= 0.6 is 0 Å². The first kappa shape index (κ1) is 13.3. The van der Waals surface area contributed by atoms with E-state index in [0.717, 1.165) is 12.5 Å². The second-order valence-corrected chi connectivity index (χ2v) is 4.34. The van der Waals surface area contributed by atoms with Crippen LogP contribution in [-0.4, -0.2) is 12.3 Å². The standard InChI is InChI=1S/C13H14F2N2O2/c1-7-4-5-8(13(2,14)15)12(18-3)11(7)9-6-10(16)17-19-9/h4-6H,1-3H3,(H2,16,17). The van der Waals surface area contributed by atoms with Crippen molar-refractivity contribution in [3.63, 3.8) is 0 Å². The molecule has 0 atom stereocenters. The average Bonchev–Trinajstić information content (AvgIpc) is 2.73. The molecule has 2 aromatic rings. The van der Waals surface area contributed by atoms with Crippen molar-refractivity contribution in [1.29, 1.82) is 0 Å². The molecule has 0 amide bonds. The number of aromatic nitrogens is 1. The highest BCUT2D eigenvalue weighted by Crippen LogP contribution is 2.42. The summed E-state index contributed by atoms with van der Waals surface area (Å²) in [7, 11) is 1.34. The molecule has 0 bridgehead atoms. The molecule has 19 heavy (non-hydrogen) atoms. The number of nitrogens with zero attached hydrogens (tertiary/aromatic N) is 1. The maximum Gasteiger partial charge on any atom is 0.274 e. The summed E-state index contributed by atoms with van der Waals surface area (Å²) in [5.74, 6) is -2.45. The summed E-state index contributed by atoms with van der Waals surface area (Å²) in [6, 6.07) is 4.41. The zero-order chi connectivity index (χ0) is 14.2. The lowest BCUT2D eigenvalue weighted by Crippen LogP contribution is -2.10. The molecule has 0 saturated heterocycles. The summed E-state index contributed by atoms with van der Waals surface area (Å²) in [5, 5.41) is 3.56. The Kier molecular flexibility index (Phi) is 3.18. The number of anilines is 1. The van der Waals surface area contributed by atoms with Crippen LogP contribution in [0.5, 0.6) is 5.75 Å². The van der Waals surface area contributed by atoms with Gasteiger partial charge in [0.15, 0.2) is 11.6 Å². The van der Waals surface area contributed by atoms with Crippen LogP contribution in [0.4, 0.5) is 14.6 Å². The van der Waals surface area contributed by atoms with E-state index >= 15 is 0 Å². The molecule has 0 aliphatic carbocycles. The summed E-state index contributed by atoms with van der Waals surface area (Å²) in [4.78, 5) is 0. The number of aryl methyl sites for hydroxylation is 1. The molecular weight excluding hydrogens is 254 g/mol. The second-order valence-electron chi connectivity index (χ2n) is 4.34. The van der Waals surface area contributed by atoms with Crippen molar-refractivity contribution in [3.05, 3.63) is 29.3 Å². The first-order valence-corrected chi connectivity index (χ1v) is 5.63. The van der Waals surface area contributed by atoms with E-state index in [1.54, 1.807) is 13.0 Å². The fourth-order valence-corrected chi connectivity index (χ4v) is 1.95. The van der Waals surface area contributed by atoms with Crippen molar-refractivity contribution < 1.29 is 18.0 Å². The van der Waals surface area contributed by atoms with Crippen molar-refractivity contribution >= 4 is 5.82 Å². The largest absolute Gasteiger partial charge is 0.495 e. The van der Waals surface area contributed by atoms with Gasteiger partial charge in [0.25, 0.3) is 5.92 Å². The van der Waals surface area contributed by atoms with Crippen LogP contribution in [0.25, 0.3) is 11.3 Å². The van der Waals surface area contributed by atoms with E-state index in [4.69, 9.17) is 15.0 Å². The van der Waals surface area contributed by atoms with Gasteiger partial charge in [-0.1, -0.05) is 11.2 Å². The smallest absolute Gasteiger partial charge is 0.274 e. The van der Waals surface area contributed by atoms with Gasteiger partial charge in [0.1, 0.15) is 5.75 Å². The van der Waals surface area contributed by atoms with Crippen LogP contribution in [0.1, 0.15) is 18.1 Å². The zero-order valence-electron chi connectivity index (χ0n) is 10.8. The van der Waals surface area contributed by atoms with E-state index in [2.05, 4.69) is 5.16 Å². The fourth-order valence-electron chi connectivity index (χ4n) is 1.95. The van der Waals surface area contributed by atoms with Crippen LogP contribution < -0.4 is 10.5 Å². The summed E-state index contributed by atoms with van der Waals surface area (Å²) in [5.41, 5.74) is 6.46. The summed E-state index contributed by atoms with van der Waals surface area (Å²) in [6.07, 6.45) is 0. The molecule has 0 spiro atoms. The Balaban J connectivity index is 2.72. The molecule has 2 rings (SSSR count). The predicted octanol–water partition coefficient (Wildman–Crippen LogP) is 3.35. The Bertz CT molecular complexity index is 603. The van der Waals surface area contributed by atoms with Gasteiger partial charge >= 0.3 is 0 Å². The van der Waals surface area contributed by atoms with Gasteiger partial charge in [-0.15, -0.1) is 0 Å². The zero-order valence-corrected chi connectivity index (χ0v) is 10.8. The number of hydrogen-bond donors (Lipinski definition) is 1. The van der Waals surface area contributed by atoms with Gasteiger partial charge in [-0.2, -0.15) is 0 Å². The molecule has 6 heteroatoms. The van der Waals surface area contributed by atoms with Gasteiger partial charge < -0.3 is 15.0 Å². The average molecular weight is 268 g/mol. The number of nitrogens with two attached hydrogens (primary N) is 1. The maximum atomic E-state index is 13.6. The molecule has 102 valence electrons. The molecule has 2 N–H and O–H groups in total. The van der Waals surface area contributed by atoms with Crippen molar-refractivity contribution in [1.82, 2.24) is 5.16 Å². The molecule has 0 fully saturated rings. The molecular formula is C13H14F2N2O2. The van der Waals surface area contributed by atoms with E-state index < -0.39 is 5.92 Å². The molecule has 0 saturated carbocycles. The van der Waals surface area contributed by atoms with Gasteiger partial charge in [-0.25, -0.2) is 8.78 Å². The molecule has 0 aliphatic rings. The Hall–Kier alpha value is -2.11. The lowest BCUT2D eigenvalue weighted by molar-refractivity contribution is 0.0151. The Labute approximate surface area is 109 Å². The van der Waals surface area contributed by atoms with Crippen molar-refractivity contribution in [3.8, 4) is 17.1 Å². The number of rotatable bonds is 3. The topological polar surface area (TPSA) is 61.3 Å². The number of methoxy groups -OCH3 is 1. The van der Waals surface area contributed by atoms with E-state index in [9.17, 15) is 8.78 Å². The third-order valence-corrected chi connectivity index (χ3v) is 2.82. The second kappa shape index (κ2) is 4.53. The van der Waals surface area contributed by atoms with Gasteiger partial charge in [0.2, 0.25) is 0 Å². The van der Waals surface area contributed by atoms with Gasteiger partial charge in [-0.05, 0) is 18.6 Å². The summed E-state index contributed by atoms with van der Waals surface area (Å²) >= 11 is 0. The maximum absolute atomic E-state index is 13.6. The SMILES string of the molecule is COc1c(C(C)(F)F)ccc(C)c1-c1cc(N)no1. The monoisotopic (exact) mass is 268 g/mol. The van der Waals surface area contributed by atoms with E-state index in [0.29, 0.717) is 11.3 Å². The van der Waals surface area contributed by atoms with Gasteiger partial charge in [-0.3, -0.25) is 0 Å². The number of alkyl halides is 2. The number of halogens is 2. The van der Waals surface area contributed by atoms with E-state index in [-0.39, 0.29) is 17.1 Å². The first-order chi connectivity index (χ1) is 8.84. The number of hydrogen-bond acceptors (Lipinski definition) is 4. The van der Waals surface area contributed by atoms with Crippen LogP contribution in [0.3, 0.4) is 0 Å². The van der Waals surface area contributed by atoms with E-state index in [1.165, 1.54) is 19.2 Å². The van der Waals surface area contributed by atoms with E-state index in [1.807, 2.05) is 0 Å². The van der Waals surface area contributed by atoms with Crippen molar-refractivity contribution in [2.24, 2.45) is 0 Å². The quantitative estimate of drug-likeness (QED) is 0.927. The third kappa shape index (κ3) is 2.38. The highest BCUT2D eigenvalue weighted by molar-refractivity contribution is 5.73. The molecule has 0 radical (unpaired) electrons. The third-order valence-electron chi connectivity index (χ3n) is 2.82. The van der Waals surface area contributed by atoms with Crippen molar-refractivity contribution in [2.45, 2.75) is 19.8 Å². The van der Waals surface area contributed by atoms with Crippen LogP contribution in [-0.2, 0) is 5.92 Å². The normalized spacial score (nSPS) is 11.6. The van der Waals surface area contributed by atoms with Crippen molar-refractivity contribution in [2.75, 3.05) is 12.8 Å². The number of ether oxygens (including phenoxy) is 1. The highest BCUT2D eigenvalue weighted by atomic mass is 19.3. The van der Waals surface area contributed by atoms with Gasteiger partial charge in [0.05, 0.1) is 18.2 Å². The van der Waals surface area contributed by atoms with Gasteiger partial charge in [0, 0.05) is 13.0 Å². The number of benzene rings is 1. The highest BCUT2D eigenvalue weighted by Gasteiger charge is 2.31. The molecule has 1 heterocycles. The summed E-state index contributed by atoms with van der Waals surface area (Å²) < 4.78 is 37.3. The lowest BCUT2D eigenvalue weighted by Gasteiger charge is -2.18. The minimum Gasteiger partial charge on any atom is -0.495 e.